The van der Waals surface area contributed by atoms with E-state index in [1.807, 2.05) is 25.2 Å². The van der Waals surface area contributed by atoms with Crippen molar-refractivity contribution in [2.24, 2.45) is 17.4 Å². The highest BCUT2D eigenvalue weighted by molar-refractivity contribution is 5.27. The van der Waals surface area contributed by atoms with E-state index >= 15 is 0 Å². The van der Waals surface area contributed by atoms with Crippen LogP contribution in [0.2, 0.25) is 0 Å². The largest absolute Gasteiger partial charge is 0.402 e. The summed E-state index contributed by atoms with van der Waals surface area (Å²) in [6, 6.07) is 0. The molecule has 0 amide bonds. The monoisotopic (exact) mass is 152 g/mol. The van der Waals surface area contributed by atoms with Gasteiger partial charge in [0.1, 0.15) is 0 Å². The Morgan fingerprint density at radius 3 is 2.64 bits per heavy atom. The molecule has 0 aromatic rings. The quantitative estimate of drug-likeness (QED) is 0.592. The van der Waals surface area contributed by atoms with Crippen LogP contribution < -0.4 is 11.5 Å². The van der Waals surface area contributed by atoms with Gasteiger partial charge in [0.25, 0.3) is 0 Å². The summed E-state index contributed by atoms with van der Waals surface area (Å²) in [5, 5.41) is 0. The minimum atomic E-state index is -0.256. The van der Waals surface area contributed by atoms with Crippen LogP contribution in [0.15, 0.2) is 23.9 Å². The van der Waals surface area contributed by atoms with Crippen molar-refractivity contribution >= 4 is 0 Å². The molecule has 0 bridgehead atoms. The Balaban J connectivity index is 2.88. The Kier molecular flexibility index (Phi) is 2.05. The fourth-order valence-corrected chi connectivity index (χ4v) is 1.63. The Morgan fingerprint density at radius 2 is 2.27 bits per heavy atom. The molecule has 0 saturated carbocycles. The molecule has 11 heavy (non-hydrogen) atoms. The van der Waals surface area contributed by atoms with Crippen molar-refractivity contribution < 1.29 is 0 Å². The van der Waals surface area contributed by atoms with Gasteiger partial charge in [0.05, 0.1) is 0 Å². The molecule has 0 aromatic carbocycles. The van der Waals surface area contributed by atoms with Gasteiger partial charge in [-0.25, -0.2) is 0 Å². The summed E-state index contributed by atoms with van der Waals surface area (Å²) in [6.45, 7) is 4.12. The van der Waals surface area contributed by atoms with Crippen LogP contribution in [-0.2, 0) is 0 Å². The summed E-state index contributed by atoms with van der Waals surface area (Å²) in [7, 11) is 0. The molecule has 0 radical (unpaired) electrons. The highest BCUT2D eigenvalue weighted by Gasteiger charge is 2.29. The third kappa shape index (κ3) is 1.46. The maximum absolute atomic E-state index is 6.02. The molecule has 1 aliphatic carbocycles. The van der Waals surface area contributed by atoms with E-state index in [1.165, 1.54) is 0 Å². The lowest BCUT2D eigenvalue weighted by Crippen LogP contribution is -2.45. The third-order valence-corrected chi connectivity index (χ3v) is 2.31. The molecule has 0 fully saturated rings. The second-order valence-corrected chi connectivity index (χ2v) is 3.35. The highest BCUT2D eigenvalue weighted by Crippen LogP contribution is 2.27. The van der Waals surface area contributed by atoms with E-state index in [0.29, 0.717) is 5.92 Å². The minimum absolute atomic E-state index is 0.256. The van der Waals surface area contributed by atoms with Gasteiger partial charge in [-0.05, 0) is 19.4 Å². The van der Waals surface area contributed by atoms with Crippen LogP contribution in [0.5, 0.6) is 0 Å². The van der Waals surface area contributed by atoms with Gasteiger partial charge >= 0.3 is 0 Å². The second kappa shape index (κ2) is 2.70. The molecule has 0 aromatic heterocycles. The summed E-state index contributed by atoms with van der Waals surface area (Å²) in [4.78, 5) is 0. The van der Waals surface area contributed by atoms with Crippen molar-refractivity contribution in [3.05, 3.63) is 23.9 Å². The zero-order valence-electron chi connectivity index (χ0n) is 7.17. The maximum Gasteiger partial charge on any atom is 0.0397 e. The van der Waals surface area contributed by atoms with Crippen LogP contribution in [0.3, 0.4) is 0 Å². The predicted molar refractivity (Wildman–Crippen MR) is 47.8 cm³/mol. The Labute approximate surface area is 68.0 Å². The van der Waals surface area contributed by atoms with Gasteiger partial charge in [0.2, 0.25) is 0 Å². The molecule has 2 nitrogen and oxygen atoms in total. The summed E-state index contributed by atoms with van der Waals surface area (Å²) in [6.07, 6.45) is 6.88. The Bertz CT molecular complexity index is 202. The fourth-order valence-electron chi connectivity index (χ4n) is 1.63. The number of allylic oxidation sites excluding steroid dienone is 2. The zero-order chi connectivity index (χ0) is 8.48. The first-order chi connectivity index (χ1) is 5.08. The van der Waals surface area contributed by atoms with Crippen molar-refractivity contribution in [2.75, 3.05) is 0 Å². The first kappa shape index (κ1) is 8.34. The van der Waals surface area contributed by atoms with Gasteiger partial charge in [-0.2, -0.15) is 0 Å². The fraction of sp³-hybridized carbons (Fsp3) is 0.556. The summed E-state index contributed by atoms with van der Waals surface area (Å²) in [5.41, 5.74) is 12.5. The van der Waals surface area contributed by atoms with Crippen LogP contribution in [0.4, 0.5) is 0 Å². The second-order valence-electron chi connectivity index (χ2n) is 3.35. The normalized spacial score (nSPS) is 37.0. The average Bonchev–Trinajstić information content (AvgIpc) is 1.86. The number of hydrogen-bond donors (Lipinski definition) is 2. The highest BCUT2D eigenvalue weighted by atomic mass is 14.8. The molecule has 4 N–H and O–H groups in total. The smallest absolute Gasteiger partial charge is 0.0397 e. The van der Waals surface area contributed by atoms with Crippen LogP contribution >= 0.6 is 0 Å². The molecular formula is C9H16N2. The maximum atomic E-state index is 6.02. The van der Waals surface area contributed by atoms with Crippen molar-refractivity contribution in [3.63, 3.8) is 0 Å². The number of nitrogens with two attached hydrogens (primary N) is 2. The van der Waals surface area contributed by atoms with Gasteiger partial charge in [-0.15, -0.1) is 0 Å². The summed E-state index contributed by atoms with van der Waals surface area (Å²) in [5.74, 6) is 0.299. The van der Waals surface area contributed by atoms with E-state index in [1.54, 1.807) is 0 Å². The summed E-state index contributed by atoms with van der Waals surface area (Å²) < 4.78 is 0. The van der Waals surface area contributed by atoms with Crippen LogP contribution in [-0.4, -0.2) is 5.54 Å². The van der Waals surface area contributed by atoms with E-state index in [-0.39, 0.29) is 5.54 Å². The van der Waals surface area contributed by atoms with Gasteiger partial charge in [0, 0.05) is 17.2 Å². The van der Waals surface area contributed by atoms with Crippen LogP contribution in [0, 0.1) is 5.92 Å². The van der Waals surface area contributed by atoms with E-state index in [4.69, 9.17) is 11.5 Å². The van der Waals surface area contributed by atoms with Gasteiger partial charge in [-0.1, -0.05) is 19.1 Å². The SMILES string of the molecule is CCC1C(N)=CC=CC1(C)N. The van der Waals surface area contributed by atoms with Crippen molar-refractivity contribution in [1.82, 2.24) is 0 Å². The average molecular weight is 152 g/mol. The molecule has 1 rings (SSSR count). The molecule has 0 heterocycles. The van der Waals surface area contributed by atoms with Gasteiger partial charge < -0.3 is 11.5 Å². The number of hydrogen-bond acceptors (Lipinski definition) is 2. The van der Waals surface area contributed by atoms with Crippen LogP contribution in [0.25, 0.3) is 0 Å². The van der Waals surface area contributed by atoms with E-state index in [0.717, 1.165) is 12.1 Å². The lowest BCUT2D eigenvalue weighted by molar-refractivity contribution is 0.390. The lowest BCUT2D eigenvalue weighted by atomic mass is 9.79. The van der Waals surface area contributed by atoms with Gasteiger partial charge in [-0.3, -0.25) is 0 Å². The van der Waals surface area contributed by atoms with Crippen molar-refractivity contribution in [2.45, 2.75) is 25.8 Å². The van der Waals surface area contributed by atoms with Crippen LogP contribution in [0.1, 0.15) is 20.3 Å². The molecule has 2 atom stereocenters. The zero-order valence-corrected chi connectivity index (χ0v) is 7.17. The standard InChI is InChI=1S/C9H16N2/c1-3-7-8(10)5-4-6-9(7,2)11/h4-7H,3,10-11H2,1-2H3. The van der Waals surface area contributed by atoms with E-state index < -0.39 is 0 Å². The minimum Gasteiger partial charge on any atom is -0.402 e. The molecule has 2 heteroatoms. The Morgan fingerprint density at radius 1 is 1.64 bits per heavy atom. The number of rotatable bonds is 1. The van der Waals surface area contributed by atoms with Crippen molar-refractivity contribution in [1.29, 1.82) is 0 Å². The molecule has 0 aliphatic heterocycles. The third-order valence-electron chi connectivity index (χ3n) is 2.31. The molecule has 1 aliphatic rings. The Hall–Kier alpha value is -0.760. The molecule has 0 spiro atoms. The van der Waals surface area contributed by atoms with E-state index in [2.05, 4.69) is 6.92 Å². The molecule has 0 saturated heterocycles. The predicted octanol–water partition coefficient (Wildman–Crippen LogP) is 1.14. The topological polar surface area (TPSA) is 52.0 Å². The lowest BCUT2D eigenvalue weighted by Gasteiger charge is -2.33. The van der Waals surface area contributed by atoms with Crippen molar-refractivity contribution in [3.8, 4) is 0 Å². The van der Waals surface area contributed by atoms with Gasteiger partial charge in [0.15, 0.2) is 0 Å². The molecular weight excluding hydrogens is 136 g/mol. The first-order valence-electron chi connectivity index (χ1n) is 4.01. The van der Waals surface area contributed by atoms with E-state index in [9.17, 15) is 0 Å². The first-order valence-corrected chi connectivity index (χ1v) is 4.01. The molecule has 62 valence electrons. The molecule has 2 unspecified atom stereocenters. The summed E-state index contributed by atoms with van der Waals surface area (Å²) >= 11 is 0.